The molecule has 1 aliphatic heterocycles. The predicted molar refractivity (Wildman–Crippen MR) is 259 cm³/mol. The van der Waals surface area contributed by atoms with Gasteiger partial charge in [0.1, 0.15) is 0 Å². The van der Waals surface area contributed by atoms with Crippen LogP contribution in [0.4, 0.5) is 0 Å². The van der Waals surface area contributed by atoms with E-state index in [-0.39, 0.29) is 5.41 Å². The summed E-state index contributed by atoms with van der Waals surface area (Å²) in [6.07, 6.45) is 6.86. The third-order valence-corrected chi connectivity index (χ3v) is 14.2. The SMILES string of the molecule is C1=CC2=C(CC1)C1(c3ccccc3Sc3ccc(-c4ccc(-c5cccc(-c6cc(-c7ccccc7)nc(-c7ccccc7)c6)c5)c(-c5ccccc5)c4)cc31)c1ccccc12. The molecule has 12 rings (SSSR count). The largest absolute Gasteiger partial charge is 0.248 e. The van der Waals surface area contributed by atoms with Crippen molar-refractivity contribution < 1.29 is 0 Å². The Labute approximate surface area is 367 Å². The van der Waals surface area contributed by atoms with Crippen molar-refractivity contribution in [3.05, 3.63) is 252 Å². The lowest BCUT2D eigenvalue weighted by Crippen LogP contribution is -2.33. The summed E-state index contributed by atoms with van der Waals surface area (Å²) < 4.78 is 0. The lowest BCUT2D eigenvalue weighted by Gasteiger charge is -2.41. The molecule has 0 saturated carbocycles. The first-order valence-electron chi connectivity index (χ1n) is 21.6. The summed E-state index contributed by atoms with van der Waals surface area (Å²) in [7, 11) is 0. The van der Waals surface area contributed by atoms with Gasteiger partial charge in [-0.15, -0.1) is 0 Å². The fourth-order valence-corrected chi connectivity index (χ4v) is 11.4. The van der Waals surface area contributed by atoms with Crippen molar-refractivity contribution in [3.63, 3.8) is 0 Å². The minimum atomic E-state index is -0.333. The van der Waals surface area contributed by atoms with Crippen molar-refractivity contribution in [2.24, 2.45) is 0 Å². The fraction of sp³-hybridized carbons (Fsp3) is 0.0500. The zero-order chi connectivity index (χ0) is 41.0. The summed E-state index contributed by atoms with van der Waals surface area (Å²) in [5.74, 6) is 0. The standard InChI is InChI=1S/C60H41NS/c1-4-17-40(18-5-1)51-36-44(31-33-48(51)46-24-16-23-43(35-46)47-38-56(41-19-6-2-7-20-41)61-57(39-47)42-21-8-3-9-22-42)45-32-34-59-55(37-45)60(54-29-14-15-30-58(54)62-59)52-27-12-10-25-49(52)50-26-11-13-28-53(50)60/h1-12,14-27,29-39H,13,28H2. The van der Waals surface area contributed by atoms with Crippen LogP contribution < -0.4 is 0 Å². The first-order valence-corrected chi connectivity index (χ1v) is 22.4. The average molecular weight is 808 g/mol. The summed E-state index contributed by atoms with van der Waals surface area (Å²) in [5, 5.41) is 0. The third kappa shape index (κ3) is 5.97. The molecule has 3 aliphatic rings. The Kier molecular flexibility index (Phi) is 8.87. The first kappa shape index (κ1) is 36.6. The Morgan fingerprint density at radius 2 is 0.952 bits per heavy atom. The zero-order valence-corrected chi connectivity index (χ0v) is 34.9. The molecule has 292 valence electrons. The minimum absolute atomic E-state index is 0.333. The second kappa shape index (κ2) is 15.0. The molecule has 0 bridgehead atoms. The molecule has 1 spiro atoms. The summed E-state index contributed by atoms with van der Waals surface area (Å²) in [4.78, 5) is 7.85. The maximum Gasteiger partial charge on any atom is 0.0715 e. The summed E-state index contributed by atoms with van der Waals surface area (Å²) >= 11 is 1.91. The van der Waals surface area contributed by atoms with Gasteiger partial charge in [0, 0.05) is 20.9 Å². The molecule has 1 nitrogen and oxygen atoms in total. The van der Waals surface area contributed by atoms with Gasteiger partial charge >= 0.3 is 0 Å². The number of nitrogens with zero attached hydrogens (tertiary/aromatic N) is 1. The van der Waals surface area contributed by atoms with Gasteiger partial charge in [0.25, 0.3) is 0 Å². The van der Waals surface area contributed by atoms with Gasteiger partial charge in [-0.25, -0.2) is 4.98 Å². The molecule has 9 aromatic rings. The second-order valence-corrected chi connectivity index (χ2v) is 17.6. The number of hydrogen-bond acceptors (Lipinski definition) is 2. The van der Waals surface area contributed by atoms with Crippen LogP contribution in [0.2, 0.25) is 0 Å². The van der Waals surface area contributed by atoms with E-state index in [1.54, 1.807) is 0 Å². The summed E-state index contributed by atoms with van der Waals surface area (Å²) in [6.45, 7) is 0. The molecule has 2 heteroatoms. The highest BCUT2D eigenvalue weighted by Crippen LogP contribution is 2.63. The third-order valence-electron chi connectivity index (χ3n) is 13.0. The van der Waals surface area contributed by atoms with E-state index in [9.17, 15) is 0 Å². The summed E-state index contributed by atoms with van der Waals surface area (Å²) in [6, 6.07) is 78.0. The molecular weight excluding hydrogens is 767 g/mol. The van der Waals surface area contributed by atoms with Crippen molar-refractivity contribution in [1.82, 2.24) is 4.98 Å². The van der Waals surface area contributed by atoms with Crippen LogP contribution in [0.25, 0.3) is 72.6 Å². The molecule has 0 radical (unpaired) electrons. The van der Waals surface area contributed by atoms with Crippen LogP contribution in [-0.4, -0.2) is 4.98 Å². The van der Waals surface area contributed by atoms with E-state index in [1.165, 1.54) is 76.6 Å². The predicted octanol–water partition coefficient (Wildman–Crippen LogP) is 16.0. The van der Waals surface area contributed by atoms with Crippen LogP contribution in [0.5, 0.6) is 0 Å². The molecule has 1 unspecified atom stereocenters. The molecule has 0 saturated heterocycles. The van der Waals surface area contributed by atoms with Gasteiger partial charge in [0.15, 0.2) is 0 Å². The number of benzene rings is 8. The Bertz CT molecular complexity index is 3190. The van der Waals surface area contributed by atoms with Crippen LogP contribution in [-0.2, 0) is 5.41 Å². The van der Waals surface area contributed by atoms with E-state index in [2.05, 4.69) is 224 Å². The molecule has 0 N–H and O–H groups in total. The van der Waals surface area contributed by atoms with Crippen molar-refractivity contribution in [3.8, 4) is 67.0 Å². The Hall–Kier alpha value is -7.26. The summed E-state index contributed by atoms with van der Waals surface area (Å²) in [5.41, 5.74) is 21.8. The number of hydrogen-bond donors (Lipinski definition) is 0. The van der Waals surface area contributed by atoms with E-state index in [1.807, 2.05) is 11.8 Å². The second-order valence-electron chi connectivity index (χ2n) is 16.5. The Morgan fingerprint density at radius 1 is 0.371 bits per heavy atom. The first-order chi connectivity index (χ1) is 30.7. The minimum Gasteiger partial charge on any atom is -0.248 e. The van der Waals surface area contributed by atoms with Crippen LogP contribution in [0.1, 0.15) is 35.1 Å². The molecule has 1 aromatic heterocycles. The molecule has 2 heterocycles. The molecule has 0 fully saturated rings. The van der Waals surface area contributed by atoms with E-state index in [0.717, 1.165) is 46.5 Å². The van der Waals surface area contributed by atoms with Crippen LogP contribution in [0.3, 0.4) is 0 Å². The lowest BCUT2D eigenvalue weighted by molar-refractivity contribution is 0.664. The van der Waals surface area contributed by atoms with Crippen LogP contribution >= 0.6 is 11.8 Å². The van der Waals surface area contributed by atoms with Crippen LogP contribution in [0.15, 0.2) is 240 Å². The number of allylic oxidation sites excluding steroid dienone is 4. The zero-order valence-electron chi connectivity index (χ0n) is 34.1. The Balaban J connectivity index is 1.00. The van der Waals surface area contributed by atoms with Gasteiger partial charge in [-0.05, 0) is 133 Å². The quantitative estimate of drug-likeness (QED) is 0.166. The highest BCUT2D eigenvalue weighted by molar-refractivity contribution is 7.99. The smallest absolute Gasteiger partial charge is 0.0715 e. The van der Waals surface area contributed by atoms with E-state index in [4.69, 9.17) is 4.98 Å². The maximum atomic E-state index is 5.16. The van der Waals surface area contributed by atoms with Gasteiger partial charge in [0.2, 0.25) is 0 Å². The molecule has 62 heavy (non-hydrogen) atoms. The number of rotatable bonds is 6. The fourth-order valence-electron chi connectivity index (χ4n) is 10.3. The topological polar surface area (TPSA) is 12.9 Å². The van der Waals surface area contributed by atoms with E-state index >= 15 is 0 Å². The highest BCUT2D eigenvalue weighted by atomic mass is 32.2. The lowest BCUT2D eigenvalue weighted by atomic mass is 9.65. The van der Waals surface area contributed by atoms with Crippen molar-refractivity contribution in [2.75, 3.05) is 0 Å². The molecule has 2 aliphatic carbocycles. The van der Waals surface area contributed by atoms with Crippen molar-refractivity contribution in [2.45, 2.75) is 28.0 Å². The molecule has 0 amide bonds. The van der Waals surface area contributed by atoms with Crippen molar-refractivity contribution in [1.29, 1.82) is 0 Å². The van der Waals surface area contributed by atoms with Gasteiger partial charge in [0.05, 0.1) is 16.8 Å². The van der Waals surface area contributed by atoms with Gasteiger partial charge in [-0.1, -0.05) is 194 Å². The van der Waals surface area contributed by atoms with Crippen molar-refractivity contribution >= 4 is 17.3 Å². The normalized spacial score (nSPS) is 15.8. The maximum absolute atomic E-state index is 5.16. The highest BCUT2D eigenvalue weighted by Gasteiger charge is 2.51. The van der Waals surface area contributed by atoms with Gasteiger partial charge in [-0.2, -0.15) is 0 Å². The molecular formula is C60H41NS. The average Bonchev–Trinajstić information content (AvgIpc) is 3.65. The molecule has 8 aromatic carbocycles. The van der Waals surface area contributed by atoms with E-state index in [0.29, 0.717) is 0 Å². The van der Waals surface area contributed by atoms with E-state index < -0.39 is 0 Å². The number of aromatic nitrogens is 1. The monoisotopic (exact) mass is 807 g/mol. The van der Waals surface area contributed by atoms with Gasteiger partial charge in [-0.3, -0.25) is 0 Å². The number of pyridine rings is 1. The number of fused-ring (bicyclic) bond motifs is 8. The Morgan fingerprint density at radius 3 is 1.71 bits per heavy atom. The van der Waals surface area contributed by atoms with Crippen LogP contribution in [0, 0.1) is 0 Å². The molecule has 1 atom stereocenters. The van der Waals surface area contributed by atoms with Gasteiger partial charge < -0.3 is 0 Å².